The fourth-order valence-electron chi connectivity index (χ4n) is 2.58. The number of benzene rings is 1. The number of hydrazone groups is 1. The lowest BCUT2D eigenvalue weighted by molar-refractivity contribution is -0.137. The maximum atomic E-state index is 10.9. The van der Waals surface area contributed by atoms with Crippen LogP contribution in [0.2, 0.25) is 0 Å². The van der Waals surface area contributed by atoms with Gasteiger partial charge in [0.2, 0.25) is 12.6 Å². The van der Waals surface area contributed by atoms with E-state index in [0.717, 1.165) is 5.56 Å². The minimum atomic E-state index is -0.988. The predicted molar refractivity (Wildman–Crippen MR) is 85.1 cm³/mol. The zero-order valence-electron chi connectivity index (χ0n) is 13.1. The first kappa shape index (κ1) is 15.2. The molecule has 1 N–H and O–H groups in total. The highest BCUT2D eigenvalue weighted by Gasteiger charge is 2.23. The third-order valence-electron chi connectivity index (χ3n) is 3.85. The van der Waals surface area contributed by atoms with Crippen LogP contribution < -0.4 is 9.47 Å². The molecule has 1 aromatic heterocycles. The van der Waals surface area contributed by atoms with Crippen LogP contribution in [-0.4, -0.2) is 45.3 Å². The molecule has 0 unspecified atom stereocenters. The summed E-state index contributed by atoms with van der Waals surface area (Å²) in [5.74, 6) is 0.966. The van der Waals surface area contributed by atoms with Gasteiger partial charge in [-0.25, -0.2) is 0 Å². The molecule has 2 aromatic rings. The Labute approximate surface area is 142 Å². The van der Waals surface area contributed by atoms with E-state index in [4.69, 9.17) is 19.1 Å². The number of fused-ring (bicyclic) bond motifs is 1. The van der Waals surface area contributed by atoms with Crippen LogP contribution in [0.15, 0.2) is 40.1 Å². The normalized spacial score (nSPS) is 16.1. The lowest BCUT2D eigenvalue weighted by Crippen LogP contribution is -2.29. The van der Waals surface area contributed by atoms with E-state index in [1.54, 1.807) is 12.1 Å². The second kappa shape index (κ2) is 5.93. The van der Waals surface area contributed by atoms with Crippen molar-refractivity contribution >= 4 is 11.7 Å². The number of aliphatic carboxylic acids is 1. The molecule has 0 saturated heterocycles. The third kappa shape index (κ3) is 2.91. The zero-order chi connectivity index (χ0) is 17.4. The Balaban J connectivity index is 1.60. The largest absolute Gasteiger partial charge is 0.480 e. The minimum Gasteiger partial charge on any atom is -0.480 e. The van der Waals surface area contributed by atoms with Crippen molar-refractivity contribution in [2.75, 3.05) is 13.3 Å². The predicted octanol–water partition coefficient (Wildman–Crippen LogP) is 1.86. The molecule has 3 heterocycles. The van der Waals surface area contributed by atoms with E-state index in [1.807, 2.05) is 6.07 Å². The maximum Gasteiger partial charge on any atom is 0.325 e. The molecule has 0 bridgehead atoms. The smallest absolute Gasteiger partial charge is 0.325 e. The van der Waals surface area contributed by atoms with Gasteiger partial charge in [-0.05, 0) is 24.6 Å². The van der Waals surface area contributed by atoms with Crippen LogP contribution in [0.1, 0.15) is 18.7 Å². The van der Waals surface area contributed by atoms with Crippen molar-refractivity contribution in [1.82, 2.24) is 15.1 Å². The Bertz CT molecular complexity index is 888. The number of ether oxygens (including phenoxy) is 2. The van der Waals surface area contributed by atoms with Crippen LogP contribution in [0, 0.1) is 0 Å². The summed E-state index contributed by atoms with van der Waals surface area (Å²) in [7, 11) is 0. The van der Waals surface area contributed by atoms with Crippen molar-refractivity contribution in [3.05, 3.63) is 36.4 Å². The van der Waals surface area contributed by atoms with Gasteiger partial charge in [0, 0.05) is 17.7 Å². The number of hydrogen-bond acceptors (Lipinski definition) is 8. The Kier molecular flexibility index (Phi) is 3.60. The fraction of sp³-hybridized carbons (Fsp3) is 0.250. The summed E-state index contributed by atoms with van der Waals surface area (Å²) in [6, 6.07) is 5.37. The second-order valence-corrected chi connectivity index (χ2v) is 5.56. The summed E-state index contributed by atoms with van der Waals surface area (Å²) in [5, 5.41) is 18.5. The van der Waals surface area contributed by atoms with Gasteiger partial charge in [-0.2, -0.15) is 10.1 Å². The van der Waals surface area contributed by atoms with Crippen molar-refractivity contribution in [2.24, 2.45) is 5.10 Å². The highest BCUT2D eigenvalue weighted by atomic mass is 16.7. The van der Waals surface area contributed by atoms with E-state index in [2.05, 4.69) is 21.8 Å². The highest BCUT2D eigenvalue weighted by molar-refractivity contribution is 5.97. The Hall–Kier alpha value is -3.36. The quantitative estimate of drug-likeness (QED) is 0.896. The molecular formula is C16H14N4O5. The van der Waals surface area contributed by atoms with E-state index < -0.39 is 5.97 Å². The van der Waals surface area contributed by atoms with Crippen LogP contribution in [0.3, 0.4) is 0 Å². The molecule has 128 valence electrons. The van der Waals surface area contributed by atoms with E-state index in [0.29, 0.717) is 41.6 Å². The standard InChI is InChI=1S/C16H14N4O5/c1-9-2-4-11(18-20(9)7-14(21)22)16-17-15(19-25-16)10-3-5-12-13(6-10)24-8-23-12/h3,5-6H,1-2,4,7-8H2,(H,21,22). The summed E-state index contributed by atoms with van der Waals surface area (Å²) < 4.78 is 15.9. The second-order valence-electron chi connectivity index (χ2n) is 5.56. The SMILES string of the molecule is C=C1CCC(c2nc(-c3ccc4c(c3)OCO4)no2)=NN1CC(=O)O. The molecule has 0 atom stereocenters. The number of hydrogen-bond donors (Lipinski definition) is 1. The minimum absolute atomic E-state index is 0.191. The molecule has 0 radical (unpaired) electrons. The molecule has 9 nitrogen and oxygen atoms in total. The molecule has 0 aliphatic carbocycles. The van der Waals surface area contributed by atoms with Gasteiger partial charge < -0.3 is 19.1 Å². The number of carboxylic acid groups (broad SMARTS) is 1. The third-order valence-corrected chi connectivity index (χ3v) is 3.85. The molecule has 2 aliphatic rings. The van der Waals surface area contributed by atoms with Gasteiger partial charge in [0.25, 0.3) is 5.89 Å². The van der Waals surface area contributed by atoms with Crippen LogP contribution in [0.4, 0.5) is 0 Å². The van der Waals surface area contributed by atoms with Gasteiger partial charge in [0.1, 0.15) is 12.3 Å². The molecule has 0 fully saturated rings. The van der Waals surface area contributed by atoms with Gasteiger partial charge >= 0.3 is 5.97 Å². The number of carboxylic acids is 1. The molecule has 2 aliphatic heterocycles. The van der Waals surface area contributed by atoms with E-state index in [1.165, 1.54) is 5.01 Å². The average molecular weight is 342 g/mol. The van der Waals surface area contributed by atoms with Crippen molar-refractivity contribution < 1.29 is 23.9 Å². The van der Waals surface area contributed by atoms with Crippen LogP contribution >= 0.6 is 0 Å². The number of nitrogens with zero attached hydrogens (tertiary/aromatic N) is 4. The Morgan fingerprint density at radius 1 is 1.28 bits per heavy atom. The first-order valence-electron chi connectivity index (χ1n) is 7.59. The summed E-state index contributed by atoms with van der Waals surface area (Å²) in [4.78, 5) is 15.3. The molecule has 4 rings (SSSR count). The van der Waals surface area contributed by atoms with Gasteiger partial charge in [0.15, 0.2) is 11.5 Å². The van der Waals surface area contributed by atoms with Gasteiger partial charge in [-0.3, -0.25) is 9.80 Å². The van der Waals surface area contributed by atoms with Crippen molar-refractivity contribution in [3.8, 4) is 22.9 Å². The summed E-state index contributed by atoms with van der Waals surface area (Å²) >= 11 is 0. The Morgan fingerprint density at radius 2 is 2.12 bits per heavy atom. The van der Waals surface area contributed by atoms with E-state index in [9.17, 15) is 4.79 Å². The number of carbonyl (C=O) groups is 1. The lowest BCUT2D eigenvalue weighted by Gasteiger charge is -2.24. The average Bonchev–Trinajstić information content (AvgIpc) is 3.24. The molecule has 25 heavy (non-hydrogen) atoms. The van der Waals surface area contributed by atoms with Gasteiger partial charge in [-0.15, -0.1) is 0 Å². The molecule has 0 amide bonds. The maximum absolute atomic E-state index is 10.9. The fourth-order valence-corrected chi connectivity index (χ4v) is 2.58. The number of allylic oxidation sites excluding steroid dienone is 1. The van der Waals surface area contributed by atoms with Crippen molar-refractivity contribution in [3.63, 3.8) is 0 Å². The topological polar surface area (TPSA) is 110 Å². The Morgan fingerprint density at radius 3 is 2.96 bits per heavy atom. The van der Waals surface area contributed by atoms with Crippen LogP contribution in [0.25, 0.3) is 11.4 Å². The molecule has 0 spiro atoms. The highest BCUT2D eigenvalue weighted by Crippen LogP contribution is 2.35. The van der Waals surface area contributed by atoms with Crippen molar-refractivity contribution in [2.45, 2.75) is 12.8 Å². The zero-order valence-corrected chi connectivity index (χ0v) is 13.1. The molecule has 9 heteroatoms. The first-order valence-corrected chi connectivity index (χ1v) is 7.59. The van der Waals surface area contributed by atoms with E-state index >= 15 is 0 Å². The lowest BCUT2D eigenvalue weighted by atomic mass is 10.1. The van der Waals surface area contributed by atoms with E-state index in [-0.39, 0.29) is 19.2 Å². The molecule has 1 aromatic carbocycles. The number of rotatable bonds is 4. The summed E-state index contributed by atoms with van der Waals surface area (Å²) in [6.45, 7) is 3.76. The first-order chi connectivity index (χ1) is 12.1. The summed E-state index contributed by atoms with van der Waals surface area (Å²) in [6.07, 6.45) is 1.13. The van der Waals surface area contributed by atoms with Crippen molar-refractivity contribution in [1.29, 1.82) is 0 Å². The van der Waals surface area contributed by atoms with Gasteiger partial charge in [0.05, 0.1) is 0 Å². The number of aromatic nitrogens is 2. The van der Waals surface area contributed by atoms with Gasteiger partial charge in [-0.1, -0.05) is 11.7 Å². The van der Waals surface area contributed by atoms with Crippen LogP contribution in [0.5, 0.6) is 11.5 Å². The molecular weight excluding hydrogens is 328 g/mol. The molecule has 0 saturated carbocycles. The monoisotopic (exact) mass is 342 g/mol. The summed E-state index contributed by atoms with van der Waals surface area (Å²) in [5.41, 5.74) is 1.90. The van der Waals surface area contributed by atoms with Crippen LogP contribution in [-0.2, 0) is 4.79 Å².